The Kier molecular flexibility index (Phi) is 6.29. The number of rotatable bonds is 6. The zero-order valence-corrected chi connectivity index (χ0v) is 16.9. The van der Waals surface area contributed by atoms with E-state index in [2.05, 4.69) is 28.1 Å². The molecule has 1 heterocycles. The van der Waals surface area contributed by atoms with Gasteiger partial charge in [0.2, 0.25) is 0 Å². The molecule has 1 atom stereocenters. The van der Waals surface area contributed by atoms with Crippen LogP contribution in [0.3, 0.4) is 0 Å². The van der Waals surface area contributed by atoms with E-state index < -0.39 is 0 Å². The standard InChI is InChI=1S/C22H30N4O2/c1-4-16(2)24-22(27)18-15-17(23)9-10-19(18)25-11-13-26(14-12-25)20-7-5-6-8-21(20)28-3/h5-10,15-16H,4,11-14,23H2,1-3H3,(H,24,27). The molecule has 1 fully saturated rings. The maximum Gasteiger partial charge on any atom is 0.253 e. The second kappa shape index (κ2) is 8.87. The van der Waals surface area contributed by atoms with E-state index in [9.17, 15) is 4.79 Å². The van der Waals surface area contributed by atoms with Gasteiger partial charge in [0.05, 0.1) is 18.4 Å². The Morgan fingerprint density at radius 2 is 1.75 bits per heavy atom. The van der Waals surface area contributed by atoms with Gasteiger partial charge in [0.25, 0.3) is 5.91 Å². The summed E-state index contributed by atoms with van der Waals surface area (Å²) in [5.41, 5.74) is 9.26. The second-order valence-electron chi connectivity index (χ2n) is 7.21. The molecule has 3 rings (SSSR count). The molecule has 6 heteroatoms. The van der Waals surface area contributed by atoms with E-state index >= 15 is 0 Å². The first-order valence-electron chi connectivity index (χ1n) is 9.86. The average molecular weight is 383 g/mol. The molecule has 6 nitrogen and oxygen atoms in total. The largest absolute Gasteiger partial charge is 0.495 e. The van der Waals surface area contributed by atoms with Crippen LogP contribution in [0, 0.1) is 0 Å². The summed E-state index contributed by atoms with van der Waals surface area (Å²) in [4.78, 5) is 17.4. The van der Waals surface area contributed by atoms with E-state index in [0.717, 1.165) is 49.7 Å². The molecule has 1 aliphatic rings. The van der Waals surface area contributed by atoms with Crippen molar-refractivity contribution in [3.8, 4) is 5.75 Å². The lowest BCUT2D eigenvalue weighted by Gasteiger charge is -2.38. The number of anilines is 3. The molecule has 2 aromatic carbocycles. The summed E-state index contributed by atoms with van der Waals surface area (Å²) in [5.74, 6) is 0.820. The Balaban J connectivity index is 1.76. The van der Waals surface area contributed by atoms with Gasteiger partial charge in [-0.1, -0.05) is 19.1 Å². The van der Waals surface area contributed by atoms with Crippen molar-refractivity contribution in [3.05, 3.63) is 48.0 Å². The summed E-state index contributed by atoms with van der Waals surface area (Å²) < 4.78 is 5.50. The topological polar surface area (TPSA) is 70.8 Å². The minimum absolute atomic E-state index is 0.0659. The monoisotopic (exact) mass is 382 g/mol. The summed E-state index contributed by atoms with van der Waals surface area (Å²) in [6.45, 7) is 7.43. The SMILES string of the molecule is CCC(C)NC(=O)c1cc(N)ccc1N1CCN(c2ccccc2OC)CC1. The van der Waals surface area contributed by atoms with E-state index in [1.807, 2.05) is 37.3 Å². The van der Waals surface area contributed by atoms with Crippen molar-refractivity contribution < 1.29 is 9.53 Å². The first kappa shape index (κ1) is 19.9. The number of carbonyl (C=O) groups is 1. The molecular weight excluding hydrogens is 352 g/mol. The quantitative estimate of drug-likeness (QED) is 0.751. The summed E-state index contributed by atoms with van der Waals surface area (Å²) in [6.07, 6.45) is 0.890. The highest BCUT2D eigenvalue weighted by atomic mass is 16.5. The molecule has 1 aliphatic heterocycles. The molecule has 28 heavy (non-hydrogen) atoms. The number of benzene rings is 2. The fourth-order valence-corrected chi connectivity index (χ4v) is 3.49. The third-order valence-corrected chi connectivity index (χ3v) is 5.30. The molecule has 150 valence electrons. The first-order chi connectivity index (χ1) is 13.5. The zero-order valence-electron chi connectivity index (χ0n) is 16.9. The van der Waals surface area contributed by atoms with E-state index in [1.165, 1.54) is 0 Å². The van der Waals surface area contributed by atoms with Crippen LogP contribution in [0.2, 0.25) is 0 Å². The third kappa shape index (κ3) is 4.32. The van der Waals surface area contributed by atoms with Crippen molar-refractivity contribution in [1.29, 1.82) is 0 Å². The molecule has 1 amide bonds. The normalized spacial score (nSPS) is 15.2. The highest BCUT2D eigenvalue weighted by Crippen LogP contribution is 2.30. The predicted octanol–water partition coefficient (Wildman–Crippen LogP) is 3.13. The molecule has 0 saturated carbocycles. The maximum atomic E-state index is 12.8. The fraction of sp³-hybridized carbons (Fsp3) is 0.409. The number of methoxy groups -OCH3 is 1. The molecule has 0 radical (unpaired) electrons. The van der Waals surface area contributed by atoms with Gasteiger partial charge in [-0.25, -0.2) is 0 Å². The van der Waals surface area contributed by atoms with Crippen molar-refractivity contribution in [2.45, 2.75) is 26.3 Å². The third-order valence-electron chi connectivity index (χ3n) is 5.30. The lowest BCUT2D eigenvalue weighted by molar-refractivity contribution is 0.0940. The van der Waals surface area contributed by atoms with Crippen LogP contribution in [0.25, 0.3) is 0 Å². The van der Waals surface area contributed by atoms with E-state index in [4.69, 9.17) is 10.5 Å². The molecule has 3 N–H and O–H groups in total. The van der Waals surface area contributed by atoms with Gasteiger partial charge in [-0.2, -0.15) is 0 Å². The van der Waals surface area contributed by atoms with Crippen LogP contribution in [-0.4, -0.2) is 45.2 Å². The number of hydrogen-bond donors (Lipinski definition) is 2. The molecular formula is C22H30N4O2. The number of para-hydroxylation sites is 2. The predicted molar refractivity (Wildman–Crippen MR) is 115 cm³/mol. The van der Waals surface area contributed by atoms with Crippen molar-refractivity contribution in [1.82, 2.24) is 5.32 Å². The van der Waals surface area contributed by atoms with Gasteiger partial charge < -0.3 is 25.6 Å². The van der Waals surface area contributed by atoms with Crippen LogP contribution in [-0.2, 0) is 0 Å². The lowest BCUT2D eigenvalue weighted by atomic mass is 10.1. The van der Waals surface area contributed by atoms with Gasteiger partial charge in [0.1, 0.15) is 5.75 Å². The number of nitrogen functional groups attached to an aromatic ring is 1. The maximum absolute atomic E-state index is 12.8. The van der Waals surface area contributed by atoms with E-state index in [0.29, 0.717) is 11.3 Å². The summed E-state index contributed by atoms with van der Waals surface area (Å²) in [5, 5.41) is 3.05. The molecule has 1 unspecified atom stereocenters. The Morgan fingerprint density at radius 3 is 2.39 bits per heavy atom. The number of piperazine rings is 1. The highest BCUT2D eigenvalue weighted by Gasteiger charge is 2.23. The lowest BCUT2D eigenvalue weighted by Crippen LogP contribution is -2.47. The second-order valence-corrected chi connectivity index (χ2v) is 7.21. The fourth-order valence-electron chi connectivity index (χ4n) is 3.49. The Labute approximate surface area is 167 Å². The summed E-state index contributed by atoms with van der Waals surface area (Å²) >= 11 is 0. The number of amides is 1. The first-order valence-corrected chi connectivity index (χ1v) is 9.86. The smallest absolute Gasteiger partial charge is 0.253 e. The van der Waals surface area contributed by atoms with Crippen molar-refractivity contribution in [3.63, 3.8) is 0 Å². The molecule has 0 spiro atoms. The Morgan fingerprint density at radius 1 is 1.11 bits per heavy atom. The summed E-state index contributed by atoms with van der Waals surface area (Å²) in [6, 6.07) is 13.8. The van der Waals surface area contributed by atoms with Crippen LogP contribution in [0.4, 0.5) is 17.1 Å². The molecule has 2 aromatic rings. The average Bonchev–Trinajstić information content (AvgIpc) is 2.73. The zero-order chi connectivity index (χ0) is 20.1. The number of nitrogens with zero attached hydrogens (tertiary/aromatic N) is 2. The van der Waals surface area contributed by atoms with Gasteiger partial charge in [-0.05, 0) is 43.7 Å². The molecule has 0 aromatic heterocycles. The van der Waals surface area contributed by atoms with Crippen molar-refractivity contribution in [2.75, 3.05) is 48.8 Å². The number of ether oxygens (including phenoxy) is 1. The van der Waals surface area contributed by atoms with Crippen LogP contribution < -0.4 is 25.6 Å². The van der Waals surface area contributed by atoms with Crippen molar-refractivity contribution in [2.24, 2.45) is 0 Å². The van der Waals surface area contributed by atoms with Gasteiger partial charge in [0, 0.05) is 43.6 Å². The highest BCUT2D eigenvalue weighted by molar-refractivity contribution is 6.01. The molecule has 0 bridgehead atoms. The molecule has 0 aliphatic carbocycles. The minimum atomic E-state index is -0.0659. The summed E-state index contributed by atoms with van der Waals surface area (Å²) in [7, 11) is 1.70. The number of nitrogens with two attached hydrogens (primary N) is 1. The van der Waals surface area contributed by atoms with Gasteiger partial charge in [-0.15, -0.1) is 0 Å². The number of nitrogens with one attached hydrogen (secondary N) is 1. The van der Waals surface area contributed by atoms with Crippen LogP contribution >= 0.6 is 0 Å². The number of carbonyl (C=O) groups excluding carboxylic acids is 1. The van der Waals surface area contributed by atoms with E-state index in [-0.39, 0.29) is 11.9 Å². The van der Waals surface area contributed by atoms with Crippen LogP contribution in [0.15, 0.2) is 42.5 Å². The van der Waals surface area contributed by atoms with Crippen molar-refractivity contribution >= 4 is 23.0 Å². The van der Waals surface area contributed by atoms with Gasteiger partial charge >= 0.3 is 0 Å². The number of hydrogen-bond acceptors (Lipinski definition) is 5. The van der Waals surface area contributed by atoms with E-state index in [1.54, 1.807) is 13.2 Å². The molecule has 1 saturated heterocycles. The Bertz CT molecular complexity index is 816. The van der Waals surface area contributed by atoms with Gasteiger partial charge in [0.15, 0.2) is 0 Å². The minimum Gasteiger partial charge on any atom is -0.495 e. The Hall–Kier alpha value is -2.89. The van der Waals surface area contributed by atoms with Crippen LogP contribution in [0.1, 0.15) is 30.6 Å². The van der Waals surface area contributed by atoms with Crippen LogP contribution in [0.5, 0.6) is 5.75 Å². The van der Waals surface area contributed by atoms with Gasteiger partial charge in [-0.3, -0.25) is 4.79 Å².